The van der Waals surface area contributed by atoms with Gasteiger partial charge < -0.3 is 4.90 Å². The molecule has 0 saturated carbocycles. The average molecular weight is 361 g/mol. The smallest absolute Gasteiger partial charge is 0.253 e. The summed E-state index contributed by atoms with van der Waals surface area (Å²) in [5.41, 5.74) is 4.02. The molecular formula is C21H23N5O. The molecule has 0 aliphatic carbocycles. The third-order valence-corrected chi connectivity index (χ3v) is 5.01. The lowest BCUT2D eigenvalue weighted by atomic mass is 10.1. The zero-order chi connectivity index (χ0) is 18.6. The molecule has 1 saturated heterocycles. The fraction of sp³-hybridized carbons (Fsp3) is 0.286. The van der Waals surface area contributed by atoms with Gasteiger partial charge in [-0.25, -0.2) is 4.68 Å². The molecule has 3 heterocycles. The number of aryl methyl sites for hydroxylation is 1. The van der Waals surface area contributed by atoms with E-state index in [0.29, 0.717) is 0 Å². The van der Waals surface area contributed by atoms with E-state index in [-0.39, 0.29) is 5.91 Å². The van der Waals surface area contributed by atoms with Crippen molar-refractivity contribution in [3.05, 3.63) is 77.9 Å². The SMILES string of the molecule is Cc1ccnn1-c1ccc(C(=O)N2CCN(Cc3ccncc3)CC2)cc1. The Labute approximate surface area is 159 Å². The zero-order valence-corrected chi connectivity index (χ0v) is 15.5. The molecule has 2 aromatic heterocycles. The van der Waals surface area contributed by atoms with Gasteiger partial charge in [-0.2, -0.15) is 5.10 Å². The number of piperazine rings is 1. The molecular weight excluding hydrogens is 338 g/mol. The van der Waals surface area contributed by atoms with Gasteiger partial charge in [0.05, 0.1) is 5.69 Å². The number of nitrogens with zero attached hydrogens (tertiary/aromatic N) is 5. The van der Waals surface area contributed by atoms with Gasteiger partial charge in [0.2, 0.25) is 0 Å². The van der Waals surface area contributed by atoms with E-state index in [0.717, 1.165) is 49.7 Å². The Hall–Kier alpha value is -2.99. The number of carbonyl (C=O) groups excluding carboxylic acids is 1. The first-order valence-corrected chi connectivity index (χ1v) is 9.22. The van der Waals surface area contributed by atoms with Crippen LogP contribution < -0.4 is 0 Å². The Morgan fingerprint density at radius 3 is 2.26 bits per heavy atom. The molecule has 0 spiro atoms. The van der Waals surface area contributed by atoms with Crippen LogP contribution in [-0.2, 0) is 6.54 Å². The summed E-state index contributed by atoms with van der Waals surface area (Å²) in [6.07, 6.45) is 5.42. The molecule has 0 unspecified atom stereocenters. The van der Waals surface area contributed by atoms with Gasteiger partial charge in [0.1, 0.15) is 0 Å². The molecule has 27 heavy (non-hydrogen) atoms. The molecule has 3 aromatic rings. The molecule has 6 heteroatoms. The summed E-state index contributed by atoms with van der Waals surface area (Å²) in [6.45, 7) is 6.20. The number of pyridine rings is 1. The molecule has 6 nitrogen and oxygen atoms in total. The summed E-state index contributed by atoms with van der Waals surface area (Å²) in [5.74, 6) is 0.0994. The summed E-state index contributed by atoms with van der Waals surface area (Å²) in [5, 5.41) is 4.30. The predicted molar refractivity (Wildman–Crippen MR) is 104 cm³/mol. The second-order valence-corrected chi connectivity index (χ2v) is 6.86. The van der Waals surface area contributed by atoms with Crippen molar-refractivity contribution in [2.24, 2.45) is 0 Å². The van der Waals surface area contributed by atoms with Crippen LogP contribution in [0.25, 0.3) is 5.69 Å². The van der Waals surface area contributed by atoms with Crippen molar-refractivity contribution in [3.63, 3.8) is 0 Å². The molecule has 1 amide bonds. The van der Waals surface area contributed by atoms with Gasteiger partial charge in [-0.15, -0.1) is 0 Å². The maximum Gasteiger partial charge on any atom is 0.253 e. The standard InChI is InChI=1S/C21H23N5O/c1-17-6-11-23-26(17)20-4-2-19(3-5-20)21(27)25-14-12-24(13-15-25)16-18-7-9-22-10-8-18/h2-11H,12-16H2,1H3. The van der Waals surface area contributed by atoms with Gasteiger partial charge in [-0.05, 0) is 55.0 Å². The van der Waals surface area contributed by atoms with Crippen LogP contribution in [0, 0.1) is 6.92 Å². The summed E-state index contributed by atoms with van der Waals surface area (Å²) >= 11 is 0. The van der Waals surface area contributed by atoms with Crippen molar-refractivity contribution < 1.29 is 4.79 Å². The van der Waals surface area contributed by atoms with Crippen LogP contribution in [0.15, 0.2) is 61.1 Å². The van der Waals surface area contributed by atoms with E-state index in [9.17, 15) is 4.79 Å². The van der Waals surface area contributed by atoms with Crippen LogP contribution >= 0.6 is 0 Å². The first kappa shape index (κ1) is 17.4. The monoisotopic (exact) mass is 361 g/mol. The molecule has 4 rings (SSSR count). The molecule has 1 fully saturated rings. The first-order chi connectivity index (χ1) is 13.2. The van der Waals surface area contributed by atoms with Crippen molar-refractivity contribution in [2.45, 2.75) is 13.5 Å². The molecule has 0 radical (unpaired) electrons. The minimum absolute atomic E-state index is 0.0994. The van der Waals surface area contributed by atoms with E-state index < -0.39 is 0 Å². The van der Waals surface area contributed by atoms with Gasteiger partial charge in [0, 0.05) is 62.6 Å². The van der Waals surface area contributed by atoms with E-state index in [1.807, 2.05) is 71.4 Å². The molecule has 1 aliphatic heterocycles. The lowest BCUT2D eigenvalue weighted by Crippen LogP contribution is -2.48. The van der Waals surface area contributed by atoms with E-state index in [4.69, 9.17) is 0 Å². The molecule has 0 N–H and O–H groups in total. The highest BCUT2D eigenvalue weighted by Gasteiger charge is 2.22. The van der Waals surface area contributed by atoms with Crippen molar-refractivity contribution in [1.29, 1.82) is 0 Å². The molecule has 0 bridgehead atoms. The zero-order valence-electron chi connectivity index (χ0n) is 15.5. The lowest BCUT2D eigenvalue weighted by molar-refractivity contribution is 0.0628. The van der Waals surface area contributed by atoms with E-state index in [1.165, 1.54) is 5.56 Å². The molecule has 0 atom stereocenters. The fourth-order valence-corrected chi connectivity index (χ4v) is 3.42. The van der Waals surface area contributed by atoms with Crippen LogP contribution in [0.5, 0.6) is 0 Å². The van der Waals surface area contributed by atoms with Crippen LogP contribution in [0.4, 0.5) is 0 Å². The number of hydrogen-bond acceptors (Lipinski definition) is 4. The summed E-state index contributed by atoms with van der Waals surface area (Å²) in [6, 6.07) is 13.7. The Kier molecular flexibility index (Phi) is 4.98. The minimum Gasteiger partial charge on any atom is -0.336 e. The molecule has 1 aliphatic rings. The highest BCUT2D eigenvalue weighted by atomic mass is 16.2. The lowest BCUT2D eigenvalue weighted by Gasteiger charge is -2.34. The third-order valence-electron chi connectivity index (χ3n) is 5.01. The van der Waals surface area contributed by atoms with Crippen LogP contribution in [0.3, 0.4) is 0 Å². The van der Waals surface area contributed by atoms with Gasteiger partial charge >= 0.3 is 0 Å². The molecule has 138 valence electrons. The van der Waals surface area contributed by atoms with E-state index >= 15 is 0 Å². The van der Waals surface area contributed by atoms with Crippen molar-refractivity contribution in [2.75, 3.05) is 26.2 Å². The summed E-state index contributed by atoms with van der Waals surface area (Å²) in [4.78, 5) is 21.2. The quantitative estimate of drug-likeness (QED) is 0.717. The second kappa shape index (κ2) is 7.72. The topological polar surface area (TPSA) is 54.3 Å². The first-order valence-electron chi connectivity index (χ1n) is 9.22. The highest BCUT2D eigenvalue weighted by Crippen LogP contribution is 2.15. The average Bonchev–Trinajstić information content (AvgIpc) is 3.15. The third kappa shape index (κ3) is 3.90. The predicted octanol–water partition coefficient (Wildman–Crippen LogP) is 2.53. The number of hydrogen-bond donors (Lipinski definition) is 0. The Morgan fingerprint density at radius 1 is 0.926 bits per heavy atom. The van der Waals surface area contributed by atoms with Crippen molar-refractivity contribution >= 4 is 5.91 Å². The van der Waals surface area contributed by atoms with E-state index in [2.05, 4.69) is 15.0 Å². The number of benzene rings is 1. The number of amides is 1. The summed E-state index contributed by atoms with van der Waals surface area (Å²) < 4.78 is 1.87. The Balaban J connectivity index is 1.36. The van der Waals surface area contributed by atoms with Gasteiger partial charge in [0.15, 0.2) is 0 Å². The fourth-order valence-electron chi connectivity index (χ4n) is 3.42. The van der Waals surface area contributed by atoms with Crippen molar-refractivity contribution in [1.82, 2.24) is 24.6 Å². The van der Waals surface area contributed by atoms with Crippen LogP contribution in [0.1, 0.15) is 21.6 Å². The van der Waals surface area contributed by atoms with Gasteiger partial charge in [-0.1, -0.05) is 0 Å². The Morgan fingerprint density at radius 2 is 1.63 bits per heavy atom. The minimum atomic E-state index is 0.0994. The maximum atomic E-state index is 12.8. The molecule has 1 aromatic carbocycles. The highest BCUT2D eigenvalue weighted by molar-refractivity contribution is 5.94. The number of rotatable bonds is 4. The van der Waals surface area contributed by atoms with Crippen LogP contribution in [-0.4, -0.2) is 56.7 Å². The van der Waals surface area contributed by atoms with Gasteiger partial charge in [0.25, 0.3) is 5.91 Å². The summed E-state index contributed by atoms with van der Waals surface area (Å²) in [7, 11) is 0. The van der Waals surface area contributed by atoms with Gasteiger partial charge in [-0.3, -0.25) is 14.7 Å². The normalized spacial score (nSPS) is 15.1. The maximum absolute atomic E-state index is 12.8. The van der Waals surface area contributed by atoms with Crippen molar-refractivity contribution in [3.8, 4) is 5.69 Å². The largest absolute Gasteiger partial charge is 0.336 e. The Bertz CT molecular complexity index is 896. The number of carbonyl (C=O) groups is 1. The van der Waals surface area contributed by atoms with Crippen LogP contribution in [0.2, 0.25) is 0 Å². The number of aromatic nitrogens is 3. The van der Waals surface area contributed by atoms with E-state index in [1.54, 1.807) is 6.20 Å². The second-order valence-electron chi connectivity index (χ2n) is 6.86.